The second-order valence-corrected chi connectivity index (χ2v) is 6.22. The molecular formula is C22H19N3O6. The van der Waals surface area contributed by atoms with Crippen LogP contribution in [-0.4, -0.2) is 30.0 Å². The van der Waals surface area contributed by atoms with Gasteiger partial charge in [-0.05, 0) is 36.4 Å². The van der Waals surface area contributed by atoms with Crippen molar-refractivity contribution in [2.75, 3.05) is 13.2 Å². The quantitative estimate of drug-likeness (QED) is 0.328. The summed E-state index contributed by atoms with van der Waals surface area (Å²) in [5.74, 6) is -0.216. The minimum Gasteiger partial charge on any atom is -0.490 e. The van der Waals surface area contributed by atoms with E-state index in [0.29, 0.717) is 12.4 Å². The molecule has 0 bridgehead atoms. The molecule has 0 fully saturated rings. The summed E-state index contributed by atoms with van der Waals surface area (Å²) in [7, 11) is 0. The zero-order valence-electron chi connectivity index (χ0n) is 16.3. The van der Waals surface area contributed by atoms with Gasteiger partial charge in [-0.2, -0.15) is 0 Å². The number of nitro benzene ring substituents is 1. The van der Waals surface area contributed by atoms with Crippen LogP contribution in [0, 0.1) is 10.1 Å². The van der Waals surface area contributed by atoms with Gasteiger partial charge in [-0.15, -0.1) is 0 Å². The zero-order chi connectivity index (χ0) is 22.1. The molecule has 158 valence electrons. The van der Waals surface area contributed by atoms with Crippen molar-refractivity contribution in [3.63, 3.8) is 0 Å². The third kappa shape index (κ3) is 6.04. The number of hydrogen-bond acceptors (Lipinski definition) is 6. The third-order valence-corrected chi connectivity index (χ3v) is 4.10. The van der Waals surface area contributed by atoms with Crippen molar-refractivity contribution < 1.29 is 24.0 Å². The molecule has 0 aromatic heterocycles. The van der Waals surface area contributed by atoms with E-state index in [1.54, 1.807) is 18.2 Å². The molecule has 0 atom stereocenters. The molecule has 3 aromatic carbocycles. The van der Waals surface area contributed by atoms with Gasteiger partial charge in [-0.25, -0.2) is 0 Å². The summed E-state index contributed by atoms with van der Waals surface area (Å²) in [6.45, 7) is 0.598. The van der Waals surface area contributed by atoms with E-state index in [4.69, 9.17) is 9.47 Å². The topological polar surface area (TPSA) is 120 Å². The summed E-state index contributed by atoms with van der Waals surface area (Å²) in [6, 6.07) is 21.1. The molecule has 3 aromatic rings. The number of carbonyl (C=O) groups is 2. The number of carbonyl (C=O) groups excluding carboxylic acids is 2. The average molecular weight is 421 g/mol. The number of hydrogen-bond donors (Lipinski definition) is 2. The van der Waals surface area contributed by atoms with Gasteiger partial charge < -0.3 is 9.47 Å². The Morgan fingerprint density at radius 1 is 0.774 bits per heavy atom. The lowest BCUT2D eigenvalue weighted by Crippen LogP contribution is -2.41. The lowest BCUT2D eigenvalue weighted by molar-refractivity contribution is -0.385. The highest BCUT2D eigenvalue weighted by Gasteiger charge is 2.19. The van der Waals surface area contributed by atoms with Gasteiger partial charge in [-0.1, -0.05) is 36.4 Å². The molecule has 0 saturated carbocycles. The van der Waals surface area contributed by atoms with E-state index in [1.807, 2.05) is 30.3 Å². The highest BCUT2D eigenvalue weighted by Crippen LogP contribution is 2.17. The number of hydrazine groups is 1. The van der Waals surface area contributed by atoms with Crippen molar-refractivity contribution in [1.29, 1.82) is 0 Å². The first kappa shape index (κ1) is 21.3. The highest BCUT2D eigenvalue weighted by molar-refractivity contribution is 6.01. The van der Waals surface area contributed by atoms with Crippen LogP contribution >= 0.6 is 0 Å². The fourth-order valence-corrected chi connectivity index (χ4v) is 2.64. The van der Waals surface area contributed by atoms with Gasteiger partial charge in [0.15, 0.2) is 0 Å². The monoisotopic (exact) mass is 421 g/mol. The molecule has 0 heterocycles. The van der Waals surface area contributed by atoms with E-state index in [2.05, 4.69) is 10.9 Å². The Hall–Kier alpha value is -4.40. The molecule has 2 N–H and O–H groups in total. The van der Waals surface area contributed by atoms with Crippen LogP contribution in [0.3, 0.4) is 0 Å². The molecule has 0 spiro atoms. The largest absolute Gasteiger partial charge is 0.490 e. The molecule has 0 aliphatic heterocycles. The molecule has 0 aliphatic carbocycles. The molecular weight excluding hydrogens is 402 g/mol. The molecule has 2 amide bonds. The predicted octanol–water partition coefficient (Wildman–Crippen LogP) is 3.13. The van der Waals surface area contributed by atoms with Crippen LogP contribution in [0.1, 0.15) is 20.7 Å². The summed E-state index contributed by atoms with van der Waals surface area (Å²) in [6.07, 6.45) is 0. The Labute approximate surface area is 177 Å². The fraction of sp³-hybridized carbons (Fsp3) is 0.0909. The molecule has 9 heteroatoms. The van der Waals surface area contributed by atoms with Gasteiger partial charge in [0.2, 0.25) is 0 Å². The maximum Gasteiger partial charge on any atom is 0.282 e. The number of nitrogens with zero attached hydrogens (tertiary/aromatic N) is 1. The SMILES string of the molecule is O=C(NNC(=O)c1ccccc1[N+](=O)[O-])c1cccc(OCCOc2ccccc2)c1. The Balaban J connectivity index is 1.51. The van der Waals surface area contributed by atoms with Crippen LogP contribution in [0.25, 0.3) is 0 Å². The first-order valence-corrected chi connectivity index (χ1v) is 9.29. The Morgan fingerprint density at radius 3 is 2.13 bits per heavy atom. The maximum atomic E-state index is 12.3. The Bertz CT molecular complexity index is 1070. The van der Waals surface area contributed by atoms with Crippen molar-refractivity contribution >= 4 is 17.5 Å². The van der Waals surface area contributed by atoms with Crippen molar-refractivity contribution in [1.82, 2.24) is 10.9 Å². The number of amides is 2. The minimum atomic E-state index is -0.800. The number of nitro groups is 1. The van der Waals surface area contributed by atoms with Crippen molar-refractivity contribution in [2.45, 2.75) is 0 Å². The Kier molecular flexibility index (Phi) is 7.15. The van der Waals surface area contributed by atoms with Crippen molar-refractivity contribution in [3.8, 4) is 11.5 Å². The summed E-state index contributed by atoms with van der Waals surface area (Å²) in [4.78, 5) is 34.9. The molecule has 0 radical (unpaired) electrons. The van der Waals surface area contributed by atoms with Gasteiger partial charge in [-0.3, -0.25) is 30.6 Å². The van der Waals surface area contributed by atoms with E-state index in [-0.39, 0.29) is 23.4 Å². The second kappa shape index (κ2) is 10.4. The normalized spacial score (nSPS) is 10.1. The first-order valence-electron chi connectivity index (χ1n) is 9.29. The number of benzene rings is 3. The molecule has 0 unspecified atom stereocenters. The van der Waals surface area contributed by atoms with Gasteiger partial charge in [0.05, 0.1) is 4.92 Å². The van der Waals surface area contributed by atoms with Gasteiger partial charge in [0, 0.05) is 11.6 Å². The van der Waals surface area contributed by atoms with E-state index in [9.17, 15) is 19.7 Å². The summed E-state index contributed by atoms with van der Waals surface area (Å²) in [5, 5.41) is 11.0. The fourth-order valence-electron chi connectivity index (χ4n) is 2.64. The number of nitrogens with one attached hydrogen (secondary N) is 2. The lowest BCUT2D eigenvalue weighted by Gasteiger charge is -2.10. The van der Waals surface area contributed by atoms with Crippen LogP contribution in [0.4, 0.5) is 5.69 Å². The van der Waals surface area contributed by atoms with Crippen molar-refractivity contribution in [2.24, 2.45) is 0 Å². The number of rotatable bonds is 8. The number of para-hydroxylation sites is 2. The van der Waals surface area contributed by atoms with E-state index in [1.165, 1.54) is 30.3 Å². The van der Waals surface area contributed by atoms with Crippen molar-refractivity contribution in [3.05, 3.63) is 100 Å². The molecule has 3 rings (SSSR count). The molecule has 0 aliphatic rings. The van der Waals surface area contributed by atoms with E-state index in [0.717, 1.165) is 5.75 Å². The minimum absolute atomic E-state index is 0.164. The Morgan fingerprint density at radius 2 is 1.39 bits per heavy atom. The van der Waals surface area contributed by atoms with Gasteiger partial charge >= 0.3 is 0 Å². The third-order valence-electron chi connectivity index (χ3n) is 4.10. The average Bonchev–Trinajstić information content (AvgIpc) is 2.81. The first-order chi connectivity index (χ1) is 15.0. The number of ether oxygens (including phenoxy) is 2. The van der Waals surface area contributed by atoms with Crippen LogP contribution in [0.5, 0.6) is 11.5 Å². The summed E-state index contributed by atoms with van der Waals surface area (Å²) < 4.78 is 11.1. The maximum absolute atomic E-state index is 12.3. The predicted molar refractivity (Wildman–Crippen MR) is 112 cm³/mol. The smallest absolute Gasteiger partial charge is 0.282 e. The molecule has 0 saturated heterocycles. The molecule has 9 nitrogen and oxygen atoms in total. The van der Waals surface area contributed by atoms with Gasteiger partial charge in [0.25, 0.3) is 17.5 Å². The van der Waals surface area contributed by atoms with Crippen LogP contribution < -0.4 is 20.3 Å². The van der Waals surface area contributed by atoms with E-state index < -0.39 is 16.7 Å². The summed E-state index contributed by atoms with van der Waals surface area (Å²) in [5.41, 5.74) is 4.13. The van der Waals surface area contributed by atoms with Crippen LogP contribution in [0.2, 0.25) is 0 Å². The van der Waals surface area contributed by atoms with Crippen LogP contribution in [-0.2, 0) is 0 Å². The van der Waals surface area contributed by atoms with E-state index >= 15 is 0 Å². The summed E-state index contributed by atoms with van der Waals surface area (Å²) >= 11 is 0. The lowest BCUT2D eigenvalue weighted by atomic mass is 10.2. The highest BCUT2D eigenvalue weighted by atomic mass is 16.6. The zero-order valence-corrected chi connectivity index (χ0v) is 16.3. The second-order valence-electron chi connectivity index (χ2n) is 6.22. The van der Waals surface area contributed by atoms with Crippen LogP contribution in [0.15, 0.2) is 78.9 Å². The standard InChI is InChI=1S/C22H19N3O6/c26-21(23-24-22(27)19-11-4-5-12-20(19)25(28)29)16-7-6-10-18(15-16)31-14-13-30-17-8-2-1-3-9-17/h1-12,15H,13-14H2,(H,23,26)(H,24,27). The van der Waals surface area contributed by atoms with Gasteiger partial charge in [0.1, 0.15) is 30.3 Å². The molecule has 31 heavy (non-hydrogen) atoms.